The van der Waals surface area contributed by atoms with Gasteiger partial charge < -0.3 is 35.6 Å². The highest BCUT2D eigenvalue weighted by Gasteiger charge is 2.30. The molecule has 0 saturated heterocycles. The first-order valence-corrected chi connectivity index (χ1v) is 14.2. The molecule has 2 aromatic rings. The van der Waals surface area contributed by atoms with Crippen LogP contribution in [0.3, 0.4) is 0 Å². The van der Waals surface area contributed by atoms with Crippen LogP contribution in [0, 0.1) is 5.41 Å². The van der Waals surface area contributed by atoms with Gasteiger partial charge in [0.2, 0.25) is 0 Å². The Morgan fingerprint density at radius 2 is 1.93 bits per heavy atom. The molecular weight excluding hydrogens is 525 g/mol. The molecule has 2 rings (SSSR count). The number of amidine groups is 1. The smallest absolute Gasteiger partial charge is 0.320 e. The SMILES string of the molecule is C=C/C=C(\C=C)CC(C(C)O)N(Cc1cccc(OCPOCC)c1)C(=O)N(C)Cc1ccc(N)c(C(=N)N)c1. The van der Waals surface area contributed by atoms with Gasteiger partial charge in [-0.05, 0) is 61.2 Å². The largest absolute Gasteiger partial charge is 0.487 e. The second kappa shape index (κ2) is 16.5. The van der Waals surface area contributed by atoms with Crippen molar-refractivity contribution in [3.63, 3.8) is 0 Å². The monoisotopic (exact) mass is 567 g/mol. The van der Waals surface area contributed by atoms with Crippen LogP contribution < -0.4 is 16.2 Å². The average molecular weight is 568 g/mol. The summed E-state index contributed by atoms with van der Waals surface area (Å²) in [5.74, 6) is 0.537. The summed E-state index contributed by atoms with van der Waals surface area (Å²) in [7, 11) is 1.93. The van der Waals surface area contributed by atoms with Gasteiger partial charge in [0.05, 0.1) is 21.0 Å². The lowest BCUT2D eigenvalue weighted by Gasteiger charge is -2.37. The van der Waals surface area contributed by atoms with Crippen molar-refractivity contribution < 1.29 is 19.2 Å². The lowest BCUT2D eigenvalue weighted by molar-refractivity contribution is 0.0616. The standard InChI is InChI=1S/C30H42N5O4P/c1-6-10-22(7-2)17-28(21(4)36)35(19-23-11-9-12-25(15-23)38-20-40-39-8-3)30(37)34(5)18-24-13-14-27(31)26(16-24)29(32)33/h6-7,9-16,21,28,36,40H,1-2,8,17-20,31H2,3-5H3,(H3,32,33)/b22-10+. The molecule has 216 valence electrons. The highest BCUT2D eigenvalue weighted by atomic mass is 31.1. The highest BCUT2D eigenvalue weighted by molar-refractivity contribution is 7.31. The second-order valence-corrected chi connectivity index (χ2v) is 10.2. The number of amides is 2. The van der Waals surface area contributed by atoms with Crippen LogP contribution in [0.15, 0.2) is 79.4 Å². The Bertz CT molecular complexity index is 1200. The lowest BCUT2D eigenvalue weighted by atomic mass is 9.99. The summed E-state index contributed by atoms with van der Waals surface area (Å²) in [6.45, 7) is 12.4. The lowest BCUT2D eigenvalue weighted by Crippen LogP contribution is -2.50. The molecule has 0 aliphatic heterocycles. The number of carbonyl (C=O) groups excluding carboxylic acids is 1. The Morgan fingerprint density at radius 3 is 2.55 bits per heavy atom. The van der Waals surface area contributed by atoms with Gasteiger partial charge in [-0.1, -0.05) is 49.6 Å². The topological polar surface area (TPSA) is 138 Å². The summed E-state index contributed by atoms with van der Waals surface area (Å²) in [5, 5.41) is 18.6. The summed E-state index contributed by atoms with van der Waals surface area (Å²) >= 11 is 0. The number of hydrogen-bond acceptors (Lipinski definition) is 6. The zero-order valence-corrected chi connectivity index (χ0v) is 24.6. The molecule has 0 aliphatic carbocycles. The van der Waals surface area contributed by atoms with Crippen molar-refractivity contribution >= 4 is 26.4 Å². The third kappa shape index (κ3) is 9.83. The minimum Gasteiger partial charge on any atom is -0.487 e. The number of carbonyl (C=O) groups is 1. The van der Waals surface area contributed by atoms with E-state index in [-0.39, 0.29) is 33.8 Å². The van der Waals surface area contributed by atoms with E-state index in [0.29, 0.717) is 36.4 Å². The van der Waals surface area contributed by atoms with Crippen LogP contribution in [0.2, 0.25) is 0 Å². The summed E-state index contributed by atoms with van der Waals surface area (Å²) in [4.78, 5) is 17.2. The van der Waals surface area contributed by atoms with Crippen LogP contribution in [-0.2, 0) is 17.6 Å². The van der Waals surface area contributed by atoms with Crippen molar-refractivity contribution in [1.82, 2.24) is 9.80 Å². The van der Waals surface area contributed by atoms with Crippen LogP contribution in [0.25, 0.3) is 0 Å². The Kier molecular flexibility index (Phi) is 13.4. The number of benzene rings is 2. The van der Waals surface area contributed by atoms with Crippen molar-refractivity contribution in [2.24, 2.45) is 5.73 Å². The number of nitrogens with two attached hydrogens (primary N) is 2. The number of aliphatic hydroxyl groups is 1. The average Bonchev–Trinajstić information content (AvgIpc) is 2.92. The first kappa shape index (κ1) is 32.6. The molecular formula is C30H42N5O4P. The Labute approximate surface area is 239 Å². The van der Waals surface area contributed by atoms with E-state index >= 15 is 0 Å². The molecule has 0 radical (unpaired) electrons. The molecule has 0 aliphatic rings. The zero-order valence-electron chi connectivity index (χ0n) is 23.6. The summed E-state index contributed by atoms with van der Waals surface area (Å²) in [6.07, 6.45) is 5.17. The Hall–Kier alpha value is -3.65. The molecule has 9 nitrogen and oxygen atoms in total. The number of anilines is 1. The Morgan fingerprint density at radius 1 is 1.20 bits per heavy atom. The van der Waals surface area contributed by atoms with Crippen molar-refractivity contribution in [1.29, 1.82) is 5.41 Å². The third-order valence-electron chi connectivity index (χ3n) is 6.19. The second-order valence-electron chi connectivity index (χ2n) is 9.31. The molecule has 0 aromatic heterocycles. The van der Waals surface area contributed by atoms with E-state index < -0.39 is 12.1 Å². The number of hydrogen-bond donors (Lipinski definition) is 4. The van der Waals surface area contributed by atoms with Gasteiger partial charge in [0.15, 0.2) is 0 Å². The maximum Gasteiger partial charge on any atom is 0.320 e. The van der Waals surface area contributed by atoms with E-state index in [0.717, 1.165) is 16.7 Å². The molecule has 2 amide bonds. The van der Waals surface area contributed by atoms with Crippen molar-refractivity contribution in [3.8, 4) is 5.75 Å². The fourth-order valence-electron chi connectivity index (χ4n) is 4.16. The number of urea groups is 1. The molecule has 0 heterocycles. The number of allylic oxidation sites excluding steroid dienone is 3. The van der Waals surface area contributed by atoms with Gasteiger partial charge in [0, 0.05) is 38.0 Å². The summed E-state index contributed by atoms with van der Waals surface area (Å²) in [6, 6.07) is 11.9. The normalized spacial score (nSPS) is 13.1. The minimum absolute atomic E-state index is 0.140. The van der Waals surface area contributed by atoms with Crippen LogP contribution in [-0.4, -0.2) is 58.9 Å². The Balaban J connectivity index is 2.39. The maximum absolute atomic E-state index is 14.0. The molecule has 0 spiro atoms. The molecule has 2 aromatic carbocycles. The van der Waals surface area contributed by atoms with Crippen LogP contribution in [0.1, 0.15) is 37.0 Å². The molecule has 0 fully saturated rings. The number of nitrogens with zero attached hydrogens (tertiary/aromatic N) is 2. The zero-order chi connectivity index (χ0) is 29.7. The third-order valence-corrected chi connectivity index (χ3v) is 6.95. The van der Waals surface area contributed by atoms with Gasteiger partial charge >= 0.3 is 6.03 Å². The molecule has 3 unspecified atom stereocenters. The van der Waals surface area contributed by atoms with Crippen LogP contribution in [0.4, 0.5) is 10.5 Å². The predicted molar refractivity (Wildman–Crippen MR) is 165 cm³/mol. The number of nitrogens with one attached hydrogen (secondary N) is 1. The van der Waals surface area contributed by atoms with Crippen molar-refractivity contribution in [2.75, 3.05) is 25.7 Å². The van der Waals surface area contributed by atoms with E-state index in [9.17, 15) is 9.90 Å². The van der Waals surface area contributed by atoms with Crippen LogP contribution >= 0.6 is 8.81 Å². The first-order chi connectivity index (χ1) is 19.1. The quantitative estimate of drug-likeness (QED) is 0.0562. The van der Waals surface area contributed by atoms with Gasteiger partial charge in [0.1, 0.15) is 17.9 Å². The highest BCUT2D eigenvalue weighted by Crippen LogP contribution is 2.24. The molecule has 0 bridgehead atoms. The molecule has 40 heavy (non-hydrogen) atoms. The molecule has 3 atom stereocenters. The van der Waals surface area contributed by atoms with Gasteiger partial charge in [-0.2, -0.15) is 0 Å². The van der Waals surface area contributed by atoms with Gasteiger partial charge in [-0.25, -0.2) is 4.79 Å². The maximum atomic E-state index is 14.0. The van der Waals surface area contributed by atoms with E-state index in [1.807, 2.05) is 37.3 Å². The number of nitrogen functional groups attached to an aromatic ring is 2. The van der Waals surface area contributed by atoms with Crippen molar-refractivity contribution in [2.45, 2.75) is 45.5 Å². The summed E-state index contributed by atoms with van der Waals surface area (Å²) in [5.41, 5.74) is 14.9. The fraction of sp³-hybridized carbons (Fsp3) is 0.333. The van der Waals surface area contributed by atoms with Gasteiger partial charge in [-0.3, -0.25) is 5.41 Å². The number of aliphatic hydroxyl groups excluding tert-OH is 1. The van der Waals surface area contributed by atoms with Crippen LogP contribution in [0.5, 0.6) is 5.75 Å². The first-order valence-electron chi connectivity index (χ1n) is 13.0. The minimum atomic E-state index is -0.835. The summed E-state index contributed by atoms with van der Waals surface area (Å²) < 4.78 is 11.2. The van der Waals surface area contributed by atoms with E-state index in [1.54, 1.807) is 54.1 Å². The van der Waals surface area contributed by atoms with Gasteiger partial charge in [-0.15, -0.1) is 0 Å². The van der Waals surface area contributed by atoms with E-state index in [1.165, 1.54) is 0 Å². The number of rotatable bonds is 16. The van der Waals surface area contributed by atoms with Crippen molar-refractivity contribution in [3.05, 3.63) is 96.1 Å². The molecule has 0 saturated carbocycles. The predicted octanol–water partition coefficient (Wildman–Crippen LogP) is 5.01. The van der Waals surface area contributed by atoms with Gasteiger partial charge in [0.25, 0.3) is 0 Å². The van der Waals surface area contributed by atoms with E-state index in [4.69, 9.17) is 26.1 Å². The van der Waals surface area contributed by atoms with E-state index in [2.05, 4.69) is 13.2 Å². The molecule has 6 N–H and O–H groups in total. The number of ether oxygens (including phenoxy) is 1. The molecule has 10 heteroatoms. The fourth-order valence-corrected chi connectivity index (χ4v) is 4.68.